The van der Waals surface area contributed by atoms with Gasteiger partial charge >= 0.3 is 0 Å². The third-order valence-electron chi connectivity index (χ3n) is 5.31. The van der Waals surface area contributed by atoms with Gasteiger partial charge in [0.2, 0.25) is 0 Å². The Hall–Kier alpha value is -3.71. The van der Waals surface area contributed by atoms with Crippen LogP contribution in [0.3, 0.4) is 0 Å². The normalized spacial score (nSPS) is 18.4. The van der Waals surface area contributed by atoms with Crippen molar-refractivity contribution in [3.05, 3.63) is 94.1 Å². The maximum absolute atomic E-state index is 13.1. The summed E-state index contributed by atoms with van der Waals surface area (Å²) in [5.74, 6) is -1.48. The molecule has 1 fully saturated rings. The number of para-hydroxylation sites is 1. The van der Waals surface area contributed by atoms with Crippen LogP contribution in [0.1, 0.15) is 22.0 Å². The standard InChI is InChI=1S/C23H17N3O3S/c27-21(17-12-25-18-6-2-1-5-16(17)18)19-20(14-7-9-24-10-8-14)26(23(29)22(19)28)13-15-4-3-11-30-15/h1-12,20,25,27H,13H2/b21-19-. The summed E-state index contributed by atoms with van der Waals surface area (Å²) in [5, 5.41) is 13.9. The Morgan fingerprint density at radius 2 is 1.90 bits per heavy atom. The Morgan fingerprint density at radius 1 is 1.10 bits per heavy atom. The highest BCUT2D eigenvalue weighted by atomic mass is 32.1. The van der Waals surface area contributed by atoms with E-state index in [0.29, 0.717) is 12.1 Å². The molecule has 4 aromatic rings. The summed E-state index contributed by atoms with van der Waals surface area (Å²) in [5.41, 5.74) is 2.15. The predicted octanol–water partition coefficient (Wildman–Crippen LogP) is 4.25. The van der Waals surface area contributed by atoms with Crippen LogP contribution in [0.4, 0.5) is 0 Å². The fraction of sp³-hybridized carbons (Fsp3) is 0.0870. The number of H-pyrrole nitrogens is 1. The van der Waals surface area contributed by atoms with Crippen LogP contribution in [0, 0.1) is 0 Å². The molecule has 0 radical (unpaired) electrons. The summed E-state index contributed by atoms with van der Waals surface area (Å²) in [6, 6.07) is 14.2. The number of aliphatic hydroxyl groups excluding tert-OH is 1. The molecule has 1 unspecified atom stereocenters. The van der Waals surface area contributed by atoms with Gasteiger partial charge in [-0.05, 0) is 35.2 Å². The molecule has 0 bridgehead atoms. The summed E-state index contributed by atoms with van der Waals surface area (Å²) >= 11 is 1.52. The summed E-state index contributed by atoms with van der Waals surface area (Å²) in [6.07, 6.45) is 4.90. The van der Waals surface area contributed by atoms with Crippen LogP contribution in [-0.4, -0.2) is 31.7 Å². The molecule has 4 heterocycles. The second-order valence-electron chi connectivity index (χ2n) is 7.03. The van der Waals surface area contributed by atoms with Gasteiger partial charge < -0.3 is 15.0 Å². The quantitative estimate of drug-likeness (QED) is 0.296. The molecule has 3 aromatic heterocycles. The van der Waals surface area contributed by atoms with E-state index in [1.165, 1.54) is 16.2 Å². The van der Waals surface area contributed by atoms with Crippen molar-refractivity contribution < 1.29 is 14.7 Å². The van der Waals surface area contributed by atoms with E-state index in [0.717, 1.165) is 21.3 Å². The number of amides is 1. The molecule has 30 heavy (non-hydrogen) atoms. The monoisotopic (exact) mass is 415 g/mol. The van der Waals surface area contributed by atoms with Gasteiger partial charge in [0.15, 0.2) is 0 Å². The van der Waals surface area contributed by atoms with E-state index in [2.05, 4.69) is 9.97 Å². The number of Topliss-reactive ketones (excluding diaryl/α,β-unsaturated/α-hetero) is 1. The lowest BCUT2D eigenvalue weighted by atomic mass is 9.96. The molecule has 0 saturated carbocycles. The first-order valence-corrected chi connectivity index (χ1v) is 10.3. The number of benzene rings is 1. The molecule has 1 atom stereocenters. The Kier molecular flexibility index (Phi) is 4.44. The van der Waals surface area contributed by atoms with Crippen molar-refractivity contribution in [2.24, 2.45) is 0 Å². The zero-order valence-electron chi connectivity index (χ0n) is 15.8. The highest BCUT2D eigenvalue weighted by Gasteiger charge is 2.46. The Bertz CT molecular complexity index is 1280. The van der Waals surface area contributed by atoms with E-state index in [1.54, 1.807) is 30.7 Å². The van der Waals surface area contributed by atoms with Crippen LogP contribution >= 0.6 is 11.3 Å². The number of nitrogens with zero attached hydrogens (tertiary/aromatic N) is 2. The molecule has 1 amide bonds. The topological polar surface area (TPSA) is 86.3 Å². The number of pyridine rings is 1. The van der Waals surface area contributed by atoms with Crippen molar-refractivity contribution in [2.75, 3.05) is 0 Å². The maximum Gasteiger partial charge on any atom is 0.295 e. The van der Waals surface area contributed by atoms with Crippen LogP contribution in [0.5, 0.6) is 0 Å². The number of likely N-dealkylation sites (tertiary alicyclic amines) is 1. The summed E-state index contributed by atoms with van der Waals surface area (Å²) in [7, 11) is 0. The summed E-state index contributed by atoms with van der Waals surface area (Å²) in [6.45, 7) is 0.292. The number of aromatic nitrogens is 2. The zero-order chi connectivity index (χ0) is 20.7. The van der Waals surface area contributed by atoms with Crippen LogP contribution in [-0.2, 0) is 16.1 Å². The van der Waals surface area contributed by atoms with Crippen molar-refractivity contribution in [1.29, 1.82) is 0 Å². The van der Waals surface area contributed by atoms with Gasteiger partial charge in [-0.2, -0.15) is 0 Å². The number of aliphatic hydroxyl groups is 1. The van der Waals surface area contributed by atoms with E-state index >= 15 is 0 Å². The van der Waals surface area contributed by atoms with Crippen LogP contribution in [0.15, 0.2) is 78.1 Å². The van der Waals surface area contributed by atoms with Crippen LogP contribution in [0.25, 0.3) is 16.7 Å². The Labute approximate surface area is 176 Å². The van der Waals surface area contributed by atoms with Crippen molar-refractivity contribution in [3.8, 4) is 0 Å². The van der Waals surface area contributed by atoms with Gasteiger partial charge in [-0.1, -0.05) is 24.3 Å². The minimum absolute atomic E-state index is 0.0903. The maximum atomic E-state index is 13.1. The van der Waals surface area contributed by atoms with Crippen LogP contribution in [0.2, 0.25) is 0 Å². The van der Waals surface area contributed by atoms with Crippen molar-refractivity contribution in [1.82, 2.24) is 14.9 Å². The molecular formula is C23H17N3O3S. The highest BCUT2D eigenvalue weighted by molar-refractivity contribution is 7.09. The first-order valence-electron chi connectivity index (χ1n) is 9.42. The minimum Gasteiger partial charge on any atom is -0.507 e. The number of aromatic amines is 1. The fourth-order valence-electron chi connectivity index (χ4n) is 3.92. The number of fused-ring (bicyclic) bond motifs is 1. The third kappa shape index (κ3) is 2.91. The second-order valence-corrected chi connectivity index (χ2v) is 8.07. The molecular weight excluding hydrogens is 398 g/mol. The molecule has 7 heteroatoms. The van der Waals surface area contributed by atoms with Crippen molar-refractivity contribution in [3.63, 3.8) is 0 Å². The number of thiophene rings is 1. The number of carbonyl (C=O) groups excluding carboxylic acids is 2. The van der Waals surface area contributed by atoms with E-state index in [1.807, 2.05) is 41.8 Å². The van der Waals surface area contributed by atoms with Crippen molar-refractivity contribution >= 4 is 39.7 Å². The third-order valence-corrected chi connectivity index (χ3v) is 6.17. The number of ketones is 1. The predicted molar refractivity (Wildman–Crippen MR) is 115 cm³/mol. The number of nitrogens with one attached hydrogen (secondary N) is 1. The first-order chi connectivity index (χ1) is 14.6. The smallest absolute Gasteiger partial charge is 0.295 e. The molecule has 1 saturated heterocycles. The molecule has 0 spiro atoms. The van der Waals surface area contributed by atoms with E-state index in [9.17, 15) is 14.7 Å². The second kappa shape index (κ2) is 7.27. The lowest BCUT2D eigenvalue weighted by molar-refractivity contribution is -0.140. The highest BCUT2D eigenvalue weighted by Crippen LogP contribution is 2.41. The molecule has 1 aliphatic heterocycles. The van der Waals surface area contributed by atoms with E-state index in [-0.39, 0.29) is 11.3 Å². The molecule has 6 nitrogen and oxygen atoms in total. The Balaban J connectivity index is 1.69. The molecule has 1 aromatic carbocycles. The molecule has 2 N–H and O–H groups in total. The van der Waals surface area contributed by atoms with Gasteiger partial charge in [-0.25, -0.2) is 0 Å². The van der Waals surface area contributed by atoms with Crippen molar-refractivity contribution in [2.45, 2.75) is 12.6 Å². The molecule has 1 aliphatic rings. The lowest BCUT2D eigenvalue weighted by Crippen LogP contribution is -2.28. The minimum atomic E-state index is -0.691. The number of hydrogen-bond donors (Lipinski definition) is 2. The number of carbonyl (C=O) groups is 2. The van der Waals surface area contributed by atoms with Gasteiger partial charge in [-0.3, -0.25) is 14.6 Å². The summed E-state index contributed by atoms with van der Waals surface area (Å²) < 4.78 is 0. The largest absolute Gasteiger partial charge is 0.507 e. The molecule has 0 aliphatic carbocycles. The number of rotatable bonds is 4. The van der Waals surface area contributed by atoms with Gasteiger partial charge in [0.1, 0.15) is 5.76 Å². The van der Waals surface area contributed by atoms with Crippen LogP contribution < -0.4 is 0 Å². The van der Waals surface area contributed by atoms with E-state index in [4.69, 9.17) is 0 Å². The van der Waals surface area contributed by atoms with Gasteiger partial charge in [0.25, 0.3) is 11.7 Å². The fourth-order valence-corrected chi connectivity index (χ4v) is 4.62. The lowest BCUT2D eigenvalue weighted by Gasteiger charge is -2.24. The average Bonchev–Trinajstić information content (AvgIpc) is 3.49. The summed E-state index contributed by atoms with van der Waals surface area (Å²) in [4.78, 5) is 35.7. The SMILES string of the molecule is O=C1C(=O)N(Cc2cccs2)C(c2ccncc2)/C1=C(/O)c1c[nH]c2ccccc12. The van der Waals surface area contributed by atoms with Gasteiger partial charge in [-0.15, -0.1) is 11.3 Å². The van der Waals surface area contributed by atoms with Gasteiger partial charge in [0.05, 0.1) is 18.2 Å². The van der Waals surface area contributed by atoms with E-state index < -0.39 is 17.7 Å². The molecule has 148 valence electrons. The Morgan fingerprint density at radius 3 is 2.67 bits per heavy atom. The number of hydrogen-bond acceptors (Lipinski definition) is 5. The average molecular weight is 415 g/mol. The molecule has 5 rings (SSSR count). The first kappa shape index (κ1) is 18.3. The zero-order valence-corrected chi connectivity index (χ0v) is 16.6. The van der Waals surface area contributed by atoms with Gasteiger partial charge in [0, 0.05) is 39.9 Å².